The molecule has 0 N–H and O–H groups in total. The number of aryl methyl sites for hydroxylation is 3. The van der Waals surface area contributed by atoms with E-state index < -0.39 is 0 Å². The van der Waals surface area contributed by atoms with Gasteiger partial charge in [-0.3, -0.25) is 4.79 Å². The molecule has 1 amide bonds. The monoisotopic (exact) mass is 422 g/mol. The van der Waals surface area contributed by atoms with Crippen LogP contribution in [0, 0.1) is 26.7 Å². The van der Waals surface area contributed by atoms with Crippen LogP contribution >= 0.6 is 0 Å². The van der Waals surface area contributed by atoms with Crippen LogP contribution in [0.3, 0.4) is 0 Å². The predicted molar refractivity (Wildman–Crippen MR) is 128 cm³/mol. The zero-order chi connectivity index (χ0) is 22.7. The van der Waals surface area contributed by atoms with Crippen molar-refractivity contribution in [2.24, 2.45) is 5.92 Å². The first kappa shape index (κ1) is 23.2. The van der Waals surface area contributed by atoms with Crippen LogP contribution in [-0.2, 0) is 11.2 Å². The van der Waals surface area contributed by atoms with E-state index >= 15 is 0 Å². The molecule has 168 valence electrons. The molecule has 5 heteroatoms. The molecule has 0 unspecified atom stereocenters. The van der Waals surface area contributed by atoms with Gasteiger partial charge in [-0.2, -0.15) is 0 Å². The normalized spacial score (nSPS) is 15.5. The Morgan fingerprint density at radius 2 is 1.71 bits per heavy atom. The lowest BCUT2D eigenvalue weighted by Gasteiger charge is -2.37. The number of amides is 1. The second kappa shape index (κ2) is 9.80. The van der Waals surface area contributed by atoms with Gasteiger partial charge in [0.1, 0.15) is 11.6 Å². The van der Waals surface area contributed by atoms with E-state index in [2.05, 4.69) is 57.7 Å². The maximum Gasteiger partial charge on any atom is 0.225 e. The number of aromatic nitrogens is 2. The Balaban J connectivity index is 1.96. The van der Waals surface area contributed by atoms with E-state index in [1.807, 2.05) is 18.7 Å². The Morgan fingerprint density at radius 1 is 1.03 bits per heavy atom. The summed E-state index contributed by atoms with van der Waals surface area (Å²) in [6.45, 7) is 17.9. The Morgan fingerprint density at radius 3 is 2.32 bits per heavy atom. The molecule has 1 saturated heterocycles. The van der Waals surface area contributed by atoms with Crippen LogP contribution in [0.15, 0.2) is 18.2 Å². The summed E-state index contributed by atoms with van der Waals surface area (Å²) in [5.74, 6) is 2.61. The topological polar surface area (TPSA) is 49.3 Å². The Kier molecular flexibility index (Phi) is 7.34. The molecule has 1 aliphatic rings. The smallest absolute Gasteiger partial charge is 0.225 e. The third kappa shape index (κ3) is 5.25. The number of nitrogens with zero attached hydrogens (tertiary/aromatic N) is 4. The molecule has 1 aromatic carbocycles. The standard InChI is InChI=1S/C26H38N4O/c1-8-19(5)24-27-21(7)23(16-22-15-18(4)9-10-20(22)6)25(28-24)29-11-13-30(14-12-29)26(31)17(2)3/h9-10,15,17,19H,8,11-14,16H2,1-7H3/t19-/m1/s1. The van der Waals surface area contributed by atoms with Gasteiger partial charge in [0.25, 0.3) is 0 Å². The SMILES string of the molecule is CC[C@@H](C)c1nc(C)c(Cc2cc(C)ccc2C)c(N2CCN(C(=O)C(C)C)CC2)n1. The van der Waals surface area contributed by atoms with Crippen molar-refractivity contribution in [3.8, 4) is 0 Å². The maximum atomic E-state index is 12.4. The summed E-state index contributed by atoms with van der Waals surface area (Å²) >= 11 is 0. The van der Waals surface area contributed by atoms with Gasteiger partial charge in [-0.05, 0) is 38.3 Å². The summed E-state index contributed by atoms with van der Waals surface area (Å²) in [5, 5.41) is 0. The van der Waals surface area contributed by atoms with E-state index in [0.29, 0.717) is 5.92 Å². The molecule has 2 heterocycles. The fourth-order valence-corrected chi connectivity index (χ4v) is 4.16. The van der Waals surface area contributed by atoms with Crippen molar-refractivity contribution in [1.82, 2.24) is 14.9 Å². The van der Waals surface area contributed by atoms with Crippen molar-refractivity contribution in [3.63, 3.8) is 0 Å². The number of carbonyl (C=O) groups is 1. The van der Waals surface area contributed by atoms with Crippen LogP contribution in [0.4, 0.5) is 5.82 Å². The maximum absolute atomic E-state index is 12.4. The molecule has 0 spiro atoms. The van der Waals surface area contributed by atoms with Gasteiger partial charge < -0.3 is 9.80 Å². The van der Waals surface area contributed by atoms with E-state index in [0.717, 1.165) is 56.4 Å². The largest absolute Gasteiger partial charge is 0.353 e. The lowest BCUT2D eigenvalue weighted by atomic mass is 9.97. The van der Waals surface area contributed by atoms with Gasteiger partial charge in [0, 0.05) is 55.7 Å². The number of hydrogen-bond acceptors (Lipinski definition) is 4. The van der Waals surface area contributed by atoms with E-state index in [4.69, 9.17) is 9.97 Å². The highest BCUT2D eigenvalue weighted by Crippen LogP contribution is 2.29. The predicted octanol–water partition coefficient (Wildman–Crippen LogP) is 4.81. The van der Waals surface area contributed by atoms with Gasteiger partial charge >= 0.3 is 0 Å². The number of rotatable bonds is 6. The first-order chi connectivity index (χ1) is 14.7. The number of hydrogen-bond donors (Lipinski definition) is 0. The van der Waals surface area contributed by atoms with Crippen molar-refractivity contribution in [1.29, 1.82) is 0 Å². The number of anilines is 1. The summed E-state index contributed by atoms with van der Waals surface area (Å²) in [7, 11) is 0. The van der Waals surface area contributed by atoms with Crippen molar-refractivity contribution in [3.05, 3.63) is 52.0 Å². The molecule has 1 atom stereocenters. The summed E-state index contributed by atoms with van der Waals surface area (Å²) in [5.41, 5.74) is 6.19. The first-order valence-electron chi connectivity index (χ1n) is 11.7. The minimum Gasteiger partial charge on any atom is -0.353 e. The van der Waals surface area contributed by atoms with Gasteiger partial charge in [-0.1, -0.05) is 51.5 Å². The zero-order valence-corrected chi connectivity index (χ0v) is 20.3. The first-order valence-corrected chi connectivity index (χ1v) is 11.7. The number of piperazine rings is 1. The van der Waals surface area contributed by atoms with Crippen molar-refractivity contribution in [2.75, 3.05) is 31.1 Å². The highest BCUT2D eigenvalue weighted by molar-refractivity contribution is 5.78. The summed E-state index contributed by atoms with van der Waals surface area (Å²) in [6.07, 6.45) is 1.85. The van der Waals surface area contributed by atoms with Crippen molar-refractivity contribution < 1.29 is 4.79 Å². The van der Waals surface area contributed by atoms with Gasteiger partial charge in [0.2, 0.25) is 5.91 Å². The quantitative estimate of drug-likeness (QED) is 0.670. The molecule has 2 aromatic rings. The van der Waals surface area contributed by atoms with Crippen molar-refractivity contribution >= 4 is 11.7 Å². The van der Waals surface area contributed by atoms with Crippen LogP contribution in [0.25, 0.3) is 0 Å². The van der Waals surface area contributed by atoms with Gasteiger partial charge in [0.15, 0.2) is 0 Å². The average Bonchev–Trinajstić information content (AvgIpc) is 2.76. The molecule has 1 aromatic heterocycles. The molecule has 5 nitrogen and oxygen atoms in total. The Bertz CT molecular complexity index is 929. The second-order valence-electron chi connectivity index (χ2n) is 9.35. The molecule has 0 radical (unpaired) electrons. The van der Waals surface area contributed by atoms with Crippen LogP contribution in [0.2, 0.25) is 0 Å². The fraction of sp³-hybridized carbons (Fsp3) is 0.577. The lowest BCUT2D eigenvalue weighted by molar-refractivity contribution is -0.134. The highest BCUT2D eigenvalue weighted by atomic mass is 16.2. The van der Waals surface area contributed by atoms with E-state index in [1.54, 1.807) is 0 Å². The summed E-state index contributed by atoms with van der Waals surface area (Å²) < 4.78 is 0. The molecule has 1 fully saturated rings. The van der Waals surface area contributed by atoms with E-state index in [-0.39, 0.29) is 11.8 Å². The average molecular weight is 423 g/mol. The fourth-order valence-electron chi connectivity index (χ4n) is 4.16. The minimum absolute atomic E-state index is 0.0460. The second-order valence-corrected chi connectivity index (χ2v) is 9.35. The molecule has 0 aliphatic carbocycles. The molecule has 0 saturated carbocycles. The van der Waals surface area contributed by atoms with Gasteiger partial charge in [0.05, 0.1) is 0 Å². The Hall–Kier alpha value is -2.43. The minimum atomic E-state index is 0.0460. The highest BCUT2D eigenvalue weighted by Gasteiger charge is 2.26. The third-order valence-electron chi connectivity index (χ3n) is 6.52. The molecular formula is C26H38N4O. The van der Waals surface area contributed by atoms with Crippen LogP contribution in [0.1, 0.15) is 73.8 Å². The van der Waals surface area contributed by atoms with Crippen LogP contribution in [-0.4, -0.2) is 47.0 Å². The summed E-state index contributed by atoms with van der Waals surface area (Å²) in [6, 6.07) is 6.64. The van der Waals surface area contributed by atoms with Crippen molar-refractivity contribution in [2.45, 2.75) is 67.2 Å². The van der Waals surface area contributed by atoms with E-state index in [9.17, 15) is 4.79 Å². The van der Waals surface area contributed by atoms with Crippen LogP contribution < -0.4 is 4.90 Å². The number of carbonyl (C=O) groups excluding carboxylic acids is 1. The third-order valence-corrected chi connectivity index (χ3v) is 6.52. The Labute approximate surface area is 187 Å². The molecule has 1 aliphatic heterocycles. The molecular weight excluding hydrogens is 384 g/mol. The molecule has 3 rings (SSSR count). The molecule has 0 bridgehead atoms. The summed E-state index contributed by atoms with van der Waals surface area (Å²) in [4.78, 5) is 26.8. The number of benzene rings is 1. The van der Waals surface area contributed by atoms with Crippen LogP contribution in [0.5, 0.6) is 0 Å². The van der Waals surface area contributed by atoms with Gasteiger partial charge in [-0.25, -0.2) is 9.97 Å². The van der Waals surface area contributed by atoms with E-state index in [1.165, 1.54) is 22.3 Å². The zero-order valence-electron chi connectivity index (χ0n) is 20.3. The lowest BCUT2D eigenvalue weighted by Crippen LogP contribution is -2.50. The molecule has 31 heavy (non-hydrogen) atoms. The van der Waals surface area contributed by atoms with Gasteiger partial charge in [-0.15, -0.1) is 0 Å².